The lowest BCUT2D eigenvalue weighted by Gasteiger charge is -2.38. The monoisotopic (exact) mass is 539 g/mol. The second kappa shape index (κ2) is 10.5. The first-order valence-electron chi connectivity index (χ1n) is 12.3. The van der Waals surface area contributed by atoms with Crippen molar-refractivity contribution in [2.24, 2.45) is 0 Å². The molecule has 1 fully saturated rings. The Labute approximate surface area is 222 Å². The van der Waals surface area contributed by atoms with Crippen LogP contribution in [0, 0.1) is 0 Å². The molecule has 194 valence electrons. The number of anilines is 1. The molecule has 9 heteroatoms. The molecule has 37 heavy (non-hydrogen) atoms. The molecule has 0 atom stereocenters. The van der Waals surface area contributed by atoms with E-state index in [9.17, 15) is 13.5 Å². The summed E-state index contributed by atoms with van der Waals surface area (Å²) in [7, 11) is -3.45. The topological polar surface area (TPSA) is 91.8 Å². The number of sulfonamides is 1. The molecular formula is C28H30ClN3O4S. The SMILES string of the molecule is CS(=O)(=O)Nc1cccc2c1C/C(=C/CCN1CCC(O)(c3ccc(Cl)cc3)CC1)c1cccnc1O2. The van der Waals surface area contributed by atoms with Crippen LogP contribution in [0.3, 0.4) is 0 Å². The Hall–Kier alpha value is -2.91. The summed E-state index contributed by atoms with van der Waals surface area (Å²) in [6.07, 6.45) is 7.68. The number of fused-ring (bicyclic) bond motifs is 2. The Balaban J connectivity index is 1.31. The van der Waals surface area contributed by atoms with Crippen molar-refractivity contribution in [2.75, 3.05) is 30.6 Å². The van der Waals surface area contributed by atoms with Gasteiger partial charge in [0.05, 0.1) is 17.5 Å². The Morgan fingerprint density at radius 1 is 1.14 bits per heavy atom. The van der Waals surface area contributed by atoms with Crippen LogP contribution in [0.2, 0.25) is 5.02 Å². The number of benzene rings is 2. The number of ether oxygens (including phenoxy) is 1. The van der Waals surface area contributed by atoms with Gasteiger partial charge in [-0.25, -0.2) is 13.4 Å². The molecule has 2 aromatic carbocycles. The number of aliphatic hydroxyl groups is 1. The average Bonchev–Trinajstić information content (AvgIpc) is 3.02. The van der Waals surface area contributed by atoms with E-state index in [1.165, 1.54) is 0 Å². The van der Waals surface area contributed by atoms with Crippen molar-refractivity contribution in [1.29, 1.82) is 0 Å². The van der Waals surface area contributed by atoms with E-state index in [4.69, 9.17) is 16.3 Å². The highest BCUT2D eigenvalue weighted by molar-refractivity contribution is 7.92. The van der Waals surface area contributed by atoms with Crippen LogP contribution in [-0.2, 0) is 22.0 Å². The zero-order valence-electron chi connectivity index (χ0n) is 20.7. The first kappa shape index (κ1) is 25.7. The van der Waals surface area contributed by atoms with Gasteiger partial charge in [0.15, 0.2) is 0 Å². The second-order valence-electron chi connectivity index (χ2n) is 9.69. The molecule has 0 radical (unpaired) electrons. The minimum absolute atomic E-state index is 0.509. The molecule has 0 bridgehead atoms. The van der Waals surface area contributed by atoms with Crippen LogP contribution in [0.1, 0.15) is 36.0 Å². The van der Waals surface area contributed by atoms with Gasteiger partial charge in [0.1, 0.15) is 5.75 Å². The van der Waals surface area contributed by atoms with Gasteiger partial charge in [-0.2, -0.15) is 0 Å². The number of pyridine rings is 1. The fourth-order valence-electron chi connectivity index (χ4n) is 5.04. The van der Waals surface area contributed by atoms with E-state index in [-0.39, 0.29) is 0 Å². The molecule has 5 rings (SSSR count). The van der Waals surface area contributed by atoms with Gasteiger partial charge >= 0.3 is 0 Å². The lowest BCUT2D eigenvalue weighted by Crippen LogP contribution is -2.42. The maximum absolute atomic E-state index is 12.0. The standard InChI is InChI=1S/C28H30ClN3O4S/c1-37(34,35)31-25-7-2-8-26-24(25)19-20(23-6-3-15-30-27(23)36-26)5-4-16-32-17-13-28(33,14-18-32)21-9-11-22(29)12-10-21/h2-3,5-12,15,31,33H,4,13-14,16-19H2,1H3/b20-5-. The number of likely N-dealkylation sites (tertiary alicyclic amines) is 1. The van der Waals surface area contributed by atoms with Crippen molar-refractivity contribution >= 4 is 32.9 Å². The molecule has 1 saturated heterocycles. The largest absolute Gasteiger partial charge is 0.438 e. The molecule has 0 unspecified atom stereocenters. The molecule has 2 aliphatic rings. The highest BCUT2D eigenvalue weighted by atomic mass is 35.5. The van der Waals surface area contributed by atoms with Crippen molar-refractivity contribution in [2.45, 2.75) is 31.3 Å². The molecule has 0 saturated carbocycles. The highest BCUT2D eigenvalue weighted by Gasteiger charge is 2.33. The van der Waals surface area contributed by atoms with Gasteiger partial charge in [0.2, 0.25) is 15.9 Å². The van der Waals surface area contributed by atoms with Gasteiger partial charge in [-0.15, -0.1) is 0 Å². The van der Waals surface area contributed by atoms with Crippen LogP contribution in [0.25, 0.3) is 5.57 Å². The Bertz CT molecular complexity index is 1420. The summed E-state index contributed by atoms with van der Waals surface area (Å²) in [5.74, 6) is 1.10. The number of rotatable bonds is 6. The van der Waals surface area contributed by atoms with Crippen LogP contribution in [0.5, 0.6) is 11.6 Å². The van der Waals surface area contributed by atoms with Gasteiger partial charge in [0, 0.05) is 48.4 Å². The molecule has 0 spiro atoms. The van der Waals surface area contributed by atoms with Gasteiger partial charge in [-0.1, -0.05) is 35.9 Å². The van der Waals surface area contributed by atoms with E-state index in [0.717, 1.165) is 54.6 Å². The van der Waals surface area contributed by atoms with Crippen LogP contribution < -0.4 is 9.46 Å². The maximum Gasteiger partial charge on any atom is 0.229 e. The number of nitrogens with one attached hydrogen (secondary N) is 1. The quantitative estimate of drug-likeness (QED) is 0.446. The van der Waals surface area contributed by atoms with Gasteiger partial charge in [-0.05, 0) is 66.8 Å². The predicted octanol–water partition coefficient (Wildman–Crippen LogP) is 5.21. The smallest absolute Gasteiger partial charge is 0.229 e. The Morgan fingerprint density at radius 2 is 1.89 bits per heavy atom. The highest BCUT2D eigenvalue weighted by Crippen LogP contribution is 2.41. The third-order valence-corrected chi connectivity index (χ3v) is 7.86. The van der Waals surface area contributed by atoms with E-state index in [0.29, 0.717) is 41.6 Å². The van der Waals surface area contributed by atoms with Crippen molar-refractivity contribution in [3.63, 3.8) is 0 Å². The van der Waals surface area contributed by atoms with E-state index >= 15 is 0 Å². The fourth-order valence-corrected chi connectivity index (χ4v) is 5.76. The minimum atomic E-state index is -3.45. The molecule has 3 aromatic rings. The van der Waals surface area contributed by atoms with E-state index in [1.807, 2.05) is 42.5 Å². The maximum atomic E-state index is 12.0. The van der Waals surface area contributed by atoms with E-state index in [2.05, 4.69) is 20.7 Å². The Morgan fingerprint density at radius 3 is 2.62 bits per heavy atom. The van der Waals surface area contributed by atoms with Gasteiger partial charge in [0.25, 0.3) is 0 Å². The van der Waals surface area contributed by atoms with Crippen LogP contribution in [-0.4, -0.2) is 49.3 Å². The summed E-state index contributed by atoms with van der Waals surface area (Å²) in [6.45, 7) is 2.45. The normalized spacial score (nSPS) is 18.4. The average molecular weight is 540 g/mol. The van der Waals surface area contributed by atoms with Gasteiger partial charge in [-0.3, -0.25) is 4.72 Å². The second-order valence-corrected chi connectivity index (χ2v) is 11.9. The molecule has 3 heterocycles. The number of piperidine rings is 1. The summed E-state index contributed by atoms with van der Waals surface area (Å²) in [6, 6.07) is 16.7. The number of nitrogens with zero attached hydrogens (tertiary/aromatic N) is 2. The van der Waals surface area contributed by atoms with Crippen molar-refractivity contribution < 1.29 is 18.3 Å². The number of halogens is 1. The molecule has 0 amide bonds. The number of allylic oxidation sites excluding steroid dienone is 1. The zero-order valence-corrected chi connectivity index (χ0v) is 22.2. The first-order chi connectivity index (χ1) is 17.7. The summed E-state index contributed by atoms with van der Waals surface area (Å²) < 4.78 is 32.7. The summed E-state index contributed by atoms with van der Waals surface area (Å²) in [5.41, 5.74) is 3.33. The Kier molecular flexibility index (Phi) is 7.27. The molecular weight excluding hydrogens is 510 g/mol. The summed E-state index contributed by atoms with van der Waals surface area (Å²) in [5, 5.41) is 11.8. The summed E-state index contributed by atoms with van der Waals surface area (Å²) >= 11 is 6.01. The molecule has 7 nitrogen and oxygen atoms in total. The molecule has 1 aromatic heterocycles. The number of aromatic nitrogens is 1. The lowest BCUT2D eigenvalue weighted by atomic mass is 9.84. The van der Waals surface area contributed by atoms with E-state index < -0.39 is 15.6 Å². The zero-order chi connectivity index (χ0) is 26.0. The molecule has 2 aliphatic heterocycles. The molecule has 2 N–H and O–H groups in total. The predicted molar refractivity (Wildman–Crippen MR) is 147 cm³/mol. The number of hydrogen-bond acceptors (Lipinski definition) is 6. The van der Waals surface area contributed by atoms with Crippen molar-refractivity contribution in [1.82, 2.24) is 9.88 Å². The van der Waals surface area contributed by atoms with Crippen molar-refractivity contribution in [3.8, 4) is 11.6 Å². The molecule has 0 aliphatic carbocycles. The summed E-state index contributed by atoms with van der Waals surface area (Å²) in [4.78, 5) is 6.80. The van der Waals surface area contributed by atoms with Crippen LogP contribution in [0.15, 0.2) is 66.9 Å². The van der Waals surface area contributed by atoms with Gasteiger partial charge < -0.3 is 14.7 Å². The first-order valence-corrected chi connectivity index (χ1v) is 14.6. The van der Waals surface area contributed by atoms with Crippen LogP contribution >= 0.6 is 11.6 Å². The van der Waals surface area contributed by atoms with Crippen LogP contribution in [0.4, 0.5) is 5.69 Å². The van der Waals surface area contributed by atoms with E-state index in [1.54, 1.807) is 18.3 Å². The lowest BCUT2D eigenvalue weighted by molar-refractivity contribution is -0.0254. The third-order valence-electron chi connectivity index (χ3n) is 7.02. The minimum Gasteiger partial charge on any atom is -0.438 e. The van der Waals surface area contributed by atoms with Crippen molar-refractivity contribution in [3.05, 3.63) is 88.6 Å². The number of hydrogen-bond donors (Lipinski definition) is 2. The third kappa shape index (κ3) is 5.99. The fraction of sp³-hybridized carbons (Fsp3) is 0.321.